The molecule has 0 radical (unpaired) electrons. The minimum Gasteiger partial charge on any atom is -0.508 e. The smallest absolute Gasteiger partial charge is 0.412 e. The van der Waals surface area contributed by atoms with Gasteiger partial charge in [-0.05, 0) is 43.5 Å². The Hall–Kier alpha value is -1.75. The van der Waals surface area contributed by atoms with Crippen LogP contribution in [0.4, 0.5) is 10.5 Å². The van der Waals surface area contributed by atoms with Crippen molar-refractivity contribution in [2.24, 2.45) is 0 Å². The fourth-order valence-corrected chi connectivity index (χ4v) is 1.91. The van der Waals surface area contributed by atoms with Crippen molar-refractivity contribution in [3.63, 3.8) is 0 Å². The van der Waals surface area contributed by atoms with Crippen LogP contribution in [0, 0.1) is 0 Å². The standard InChI is InChI=1S/C15H16BrNO3/c1-15(2,9-16)20-14(19)17-13-5-3-4-10-8-11(18)6-7-12(10)13/h3-8,18H,9H2,1-2H3,(H,17,19). The van der Waals surface area contributed by atoms with Crippen molar-refractivity contribution >= 4 is 38.5 Å². The lowest BCUT2D eigenvalue weighted by atomic mass is 10.1. The fourth-order valence-electron chi connectivity index (χ4n) is 1.79. The zero-order chi connectivity index (χ0) is 14.8. The third-order valence-electron chi connectivity index (χ3n) is 2.79. The van der Waals surface area contributed by atoms with E-state index in [4.69, 9.17) is 4.74 Å². The second-order valence-corrected chi connectivity index (χ2v) is 5.68. The quantitative estimate of drug-likeness (QED) is 0.822. The van der Waals surface area contributed by atoms with E-state index in [1.807, 2.05) is 26.0 Å². The van der Waals surface area contributed by atoms with Gasteiger partial charge in [0.2, 0.25) is 0 Å². The topological polar surface area (TPSA) is 58.6 Å². The molecule has 0 saturated carbocycles. The van der Waals surface area contributed by atoms with Gasteiger partial charge in [0, 0.05) is 10.7 Å². The maximum Gasteiger partial charge on any atom is 0.412 e. The molecule has 1 amide bonds. The number of fused-ring (bicyclic) bond motifs is 1. The summed E-state index contributed by atoms with van der Waals surface area (Å²) in [5.41, 5.74) is 0.0744. The minimum absolute atomic E-state index is 0.192. The van der Waals surface area contributed by atoms with Crippen molar-refractivity contribution in [3.8, 4) is 5.75 Å². The molecule has 5 heteroatoms. The highest BCUT2D eigenvalue weighted by Crippen LogP contribution is 2.27. The number of carbonyl (C=O) groups excluding carboxylic acids is 1. The molecule has 20 heavy (non-hydrogen) atoms. The van der Waals surface area contributed by atoms with E-state index in [0.29, 0.717) is 11.0 Å². The molecule has 0 bridgehead atoms. The van der Waals surface area contributed by atoms with Crippen LogP contribution in [-0.2, 0) is 4.74 Å². The van der Waals surface area contributed by atoms with E-state index in [2.05, 4.69) is 21.2 Å². The normalized spacial score (nSPS) is 11.3. The Kier molecular flexibility index (Phi) is 4.18. The Morgan fingerprint density at radius 3 is 2.80 bits per heavy atom. The molecule has 106 valence electrons. The van der Waals surface area contributed by atoms with Gasteiger partial charge in [0.15, 0.2) is 0 Å². The molecule has 0 aliphatic rings. The zero-order valence-corrected chi connectivity index (χ0v) is 12.9. The van der Waals surface area contributed by atoms with Crippen LogP contribution < -0.4 is 5.32 Å². The van der Waals surface area contributed by atoms with Crippen LogP contribution in [-0.4, -0.2) is 22.1 Å². The van der Waals surface area contributed by atoms with Crippen molar-refractivity contribution in [1.82, 2.24) is 0 Å². The Bertz CT molecular complexity index is 640. The van der Waals surface area contributed by atoms with Crippen molar-refractivity contribution in [2.75, 3.05) is 10.6 Å². The molecule has 0 atom stereocenters. The highest BCUT2D eigenvalue weighted by atomic mass is 79.9. The van der Waals surface area contributed by atoms with Gasteiger partial charge in [-0.2, -0.15) is 0 Å². The molecule has 0 unspecified atom stereocenters. The van der Waals surface area contributed by atoms with E-state index >= 15 is 0 Å². The van der Waals surface area contributed by atoms with Gasteiger partial charge in [0.25, 0.3) is 0 Å². The number of phenolic OH excluding ortho intramolecular Hbond substituents is 1. The zero-order valence-electron chi connectivity index (χ0n) is 11.3. The summed E-state index contributed by atoms with van der Waals surface area (Å²) >= 11 is 3.30. The number of phenols is 1. The monoisotopic (exact) mass is 337 g/mol. The molecular formula is C15H16BrNO3. The molecule has 0 saturated heterocycles. The van der Waals surface area contributed by atoms with Gasteiger partial charge < -0.3 is 9.84 Å². The Balaban J connectivity index is 2.24. The number of aromatic hydroxyl groups is 1. The van der Waals surface area contributed by atoms with Crippen LogP contribution in [0.2, 0.25) is 0 Å². The first-order valence-electron chi connectivity index (χ1n) is 6.19. The molecule has 0 heterocycles. The summed E-state index contributed by atoms with van der Waals surface area (Å²) in [6, 6.07) is 10.5. The molecule has 2 aromatic carbocycles. The summed E-state index contributed by atoms with van der Waals surface area (Å²) < 4.78 is 5.32. The van der Waals surface area contributed by atoms with E-state index in [-0.39, 0.29) is 5.75 Å². The first-order chi connectivity index (χ1) is 9.41. The lowest BCUT2D eigenvalue weighted by Crippen LogP contribution is -2.32. The van der Waals surface area contributed by atoms with Crippen LogP contribution in [0.5, 0.6) is 5.75 Å². The first-order valence-corrected chi connectivity index (χ1v) is 7.31. The maximum atomic E-state index is 11.9. The predicted octanol–water partition coefficient (Wildman–Crippen LogP) is 4.27. The predicted molar refractivity (Wildman–Crippen MR) is 83.6 cm³/mol. The molecule has 0 fully saturated rings. The summed E-state index contributed by atoms with van der Waals surface area (Å²) in [6.07, 6.45) is -0.505. The van der Waals surface area contributed by atoms with E-state index in [1.165, 1.54) is 0 Å². The largest absolute Gasteiger partial charge is 0.508 e. The van der Waals surface area contributed by atoms with E-state index in [9.17, 15) is 9.90 Å². The molecule has 4 nitrogen and oxygen atoms in total. The van der Waals surface area contributed by atoms with Gasteiger partial charge in [-0.15, -0.1) is 0 Å². The number of hydrogen-bond donors (Lipinski definition) is 2. The number of hydrogen-bond acceptors (Lipinski definition) is 3. The molecule has 0 spiro atoms. The fraction of sp³-hybridized carbons (Fsp3) is 0.267. The van der Waals surface area contributed by atoms with Gasteiger partial charge in [0.1, 0.15) is 11.4 Å². The average molecular weight is 338 g/mol. The van der Waals surface area contributed by atoms with Crippen molar-refractivity contribution in [2.45, 2.75) is 19.4 Å². The number of halogens is 1. The van der Waals surface area contributed by atoms with Crippen LogP contribution in [0.1, 0.15) is 13.8 Å². The second kappa shape index (κ2) is 5.71. The van der Waals surface area contributed by atoms with Crippen molar-refractivity contribution in [1.29, 1.82) is 0 Å². The van der Waals surface area contributed by atoms with Crippen LogP contribution in [0.15, 0.2) is 36.4 Å². The number of alkyl halides is 1. The molecule has 2 N–H and O–H groups in total. The molecule has 0 aliphatic carbocycles. The molecule has 0 aliphatic heterocycles. The molecule has 2 aromatic rings. The minimum atomic E-state index is -0.576. The Morgan fingerprint density at radius 2 is 2.10 bits per heavy atom. The van der Waals surface area contributed by atoms with Crippen LogP contribution in [0.25, 0.3) is 10.8 Å². The van der Waals surface area contributed by atoms with Gasteiger partial charge in [-0.25, -0.2) is 4.79 Å². The first kappa shape index (κ1) is 14.7. The summed E-state index contributed by atoms with van der Waals surface area (Å²) in [7, 11) is 0. The van der Waals surface area contributed by atoms with Crippen molar-refractivity contribution in [3.05, 3.63) is 36.4 Å². The third kappa shape index (κ3) is 3.42. The van der Waals surface area contributed by atoms with Gasteiger partial charge in [0.05, 0.1) is 5.69 Å². The molecule has 0 aromatic heterocycles. The summed E-state index contributed by atoms with van der Waals surface area (Å²) in [4.78, 5) is 11.9. The molecule has 2 rings (SSSR count). The number of amides is 1. The van der Waals surface area contributed by atoms with E-state index in [0.717, 1.165) is 10.8 Å². The highest BCUT2D eigenvalue weighted by Gasteiger charge is 2.21. The number of benzene rings is 2. The number of carbonyl (C=O) groups is 1. The second-order valence-electron chi connectivity index (χ2n) is 5.12. The SMILES string of the molecule is CC(C)(CBr)OC(=O)Nc1cccc2cc(O)ccc12. The highest BCUT2D eigenvalue weighted by molar-refractivity contribution is 9.09. The summed E-state index contributed by atoms with van der Waals surface area (Å²) in [5.74, 6) is 0.192. The lowest BCUT2D eigenvalue weighted by molar-refractivity contribution is 0.0680. The number of ether oxygens (including phenoxy) is 1. The maximum absolute atomic E-state index is 11.9. The summed E-state index contributed by atoms with van der Waals surface area (Å²) in [6.45, 7) is 3.64. The number of rotatable bonds is 3. The van der Waals surface area contributed by atoms with E-state index < -0.39 is 11.7 Å². The number of nitrogens with one attached hydrogen (secondary N) is 1. The molecular weight excluding hydrogens is 322 g/mol. The van der Waals surface area contributed by atoms with Gasteiger partial charge in [-0.1, -0.05) is 28.1 Å². The van der Waals surface area contributed by atoms with Gasteiger partial charge >= 0.3 is 6.09 Å². The Labute approximate surface area is 125 Å². The summed E-state index contributed by atoms with van der Waals surface area (Å²) in [5, 5.41) is 14.4. The van der Waals surface area contributed by atoms with Crippen LogP contribution in [0.3, 0.4) is 0 Å². The average Bonchev–Trinajstić information content (AvgIpc) is 2.38. The van der Waals surface area contributed by atoms with Crippen molar-refractivity contribution < 1.29 is 14.6 Å². The third-order valence-corrected chi connectivity index (χ3v) is 4.14. The van der Waals surface area contributed by atoms with E-state index in [1.54, 1.807) is 24.3 Å². The number of anilines is 1. The lowest BCUT2D eigenvalue weighted by Gasteiger charge is -2.22. The van der Waals surface area contributed by atoms with Gasteiger partial charge in [-0.3, -0.25) is 5.32 Å². The van der Waals surface area contributed by atoms with Crippen LogP contribution >= 0.6 is 15.9 Å². The Morgan fingerprint density at radius 1 is 1.35 bits per heavy atom.